The molecule has 0 aliphatic heterocycles. The van der Waals surface area contributed by atoms with Gasteiger partial charge in [-0.25, -0.2) is 0 Å². The van der Waals surface area contributed by atoms with Crippen LogP contribution >= 0.6 is 0 Å². The van der Waals surface area contributed by atoms with Gasteiger partial charge in [0.2, 0.25) is 5.91 Å². The Kier molecular flexibility index (Phi) is 5.56. The highest BCUT2D eigenvalue weighted by Crippen LogP contribution is 1.99. The van der Waals surface area contributed by atoms with Crippen molar-refractivity contribution in [1.82, 2.24) is 15.3 Å². The number of hydrogen-bond acceptors (Lipinski definition) is 4. The first-order valence-electron chi connectivity index (χ1n) is 5.94. The Morgan fingerprint density at radius 3 is 2.82 bits per heavy atom. The fourth-order valence-corrected chi connectivity index (χ4v) is 1.37. The van der Waals surface area contributed by atoms with Gasteiger partial charge in [0.25, 0.3) is 0 Å². The van der Waals surface area contributed by atoms with Crippen LogP contribution < -0.4 is 11.1 Å². The van der Waals surface area contributed by atoms with Crippen molar-refractivity contribution in [1.29, 1.82) is 0 Å². The number of amides is 1. The normalized spacial score (nSPS) is 12.2. The predicted molar refractivity (Wildman–Crippen MR) is 66.1 cm³/mol. The lowest BCUT2D eigenvalue weighted by molar-refractivity contribution is -0.122. The first-order valence-corrected chi connectivity index (χ1v) is 5.94. The Morgan fingerprint density at radius 1 is 1.47 bits per heavy atom. The molecule has 0 unspecified atom stereocenters. The van der Waals surface area contributed by atoms with Crippen molar-refractivity contribution in [3.63, 3.8) is 0 Å². The Morgan fingerprint density at radius 2 is 2.24 bits per heavy atom. The predicted octanol–water partition coefficient (Wildman–Crippen LogP) is 0.919. The van der Waals surface area contributed by atoms with Gasteiger partial charge in [-0.2, -0.15) is 0 Å². The van der Waals surface area contributed by atoms with E-state index in [1.807, 2.05) is 6.92 Å². The lowest BCUT2D eigenvalue weighted by Gasteiger charge is -2.11. The average Bonchev–Trinajstić information content (AvgIpc) is 2.34. The van der Waals surface area contributed by atoms with Crippen LogP contribution in [-0.4, -0.2) is 21.9 Å². The Hall–Kier alpha value is -1.49. The highest BCUT2D eigenvalue weighted by atomic mass is 16.2. The van der Waals surface area contributed by atoms with Gasteiger partial charge in [-0.3, -0.25) is 14.8 Å². The molecule has 0 spiro atoms. The molecule has 1 amide bonds. The molecule has 5 heteroatoms. The van der Waals surface area contributed by atoms with Crippen molar-refractivity contribution >= 4 is 5.91 Å². The van der Waals surface area contributed by atoms with Gasteiger partial charge in [0.15, 0.2) is 0 Å². The van der Waals surface area contributed by atoms with Gasteiger partial charge in [-0.15, -0.1) is 0 Å². The molecule has 0 bridgehead atoms. The molecule has 0 radical (unpaired) electrons. The van der Waals surface area contributed by atoms with E-state index in [1.165, 1.54) is 0 Å². The molecule has 0 aliphatic rings. The van der Waals surface area contributed by atoms with E-state index in [4.69, 9.17) is 5.73 Å². The maximum atomic E-state index is 11.6. The number of aryl methyl sites for hydroxylation is 1. The topological polar surface area (TPSA) is 80.9 Å². The highest BCUT2D eigenvalue weighted by Gasteiger charge is 2.12. The van der Waals surface area contributed by atoms with Gasteiger partial charge < -0.3 is 11.1 Å². The number of carbonyl (C=O) groups is 1. The van der Waals surface area contributed by atoms with Crippen molar-refractivity contribution in [2.45, 2.75) is 45.7 Å². The zero-order valence-corrected chi connectivity index (χ0v) is 10.4. The SMILES string of the molecule is CCCC[C@H](N)C(=O)NCc1cnc(C)cn1. The summed E-state index contributed by atoms with van der Waals surface area (Å²) in [5.41, 5.74) is 7.35. The van der Waals surface area contributed by atoms with Crippen molar-refractivity contribution in [3.05, 3.63) is 23.8 Å². The third-order valence-electron chi connectivity index (χ3n) is 2.48. The summed E-state index contributed by atoms with van der Waals surface area (Å²) < 4.78 is 0. The molecule has 0 aromatic carbocycles. The molecule has 0 fully saturated rings. The number of unbranched alkanes of at least 4 members (excludes halogenated alkanes) is 1. The first kappa shape index (κ1) is 13.6. The summed E-state index contributed by atoms with van der Waals surface area (Å²) in [6, 6.07) is -0.423. The molecular weight excluding hydrogens is 216 g/mol. The summed E-state index contributed by atoms with van der Waals surface area (Å²) in [6.07, 6.45) is 6.08. The molecule has 94 valence electrons. The van der Waals surface area contributed by atoms with Crippen molar-refractivity contribution in [2.24, 2.45) is 5.73 Å². The van der Waals surface area contributed by atoms with Gasteiger partial charge >= 0.3 is 0 Å². The van der Waals surface area contributed by atoms with Gasteiger partial charge in [0.1, 0.15) is 0 Å². The van der Waals surface area contributed by atoms with Gasteiger partial charge in [-0.05, 0) is 13.3 Å². The molecular formula is C12H20N4O. The molecule has 0 saturated heterocycles. The number of aromatic nitrogens is 2. The number of nitrogens with two attached hydrogens (primary N) is 1. The van der Waals surface area contributed by atoms with E-state index in [1.54, 1.807) is 12.4 Å². The maximum Gasteiger partial charge on any atom is 0.237 e. The summed E-state index contributed by atoms with van der Waals surface area (Å²) in [5, 5.41) is 2.76. The molecule has 1 rings (SSSR count). The fourth-order valence-electron chi connectivity index (χ4n) is 1.37. The first-order chi connectivity index (χ1) is 8.13. The van der Waals surface area contributed by atoms with Crippen LogP contribution in [0.15, 0.2) is 12.4 Å². The molecule has 1 heterocycles. The summed E-state index contributed by atoms with van der Waals surface area (Å²) in [7, 11) is 0. The second-order valence-corrected chi connectivity index (χ2v) is 4.12. The van der Waals surface area contributed by atoms with E-state index in [-0.39, 0.29) is 5.91 Å². The fraction of sp³-hybridized carbons (Fsp3) is 0.583. The molecule has 5 nitrogen and oxygen atoms in total. The molecule has 17 heavy (non-hydrogen) atoms. The largest absolute Gasteiger partial charge is 0.349 e. The van der Waals surface area contributed by atoms with Crippen LogP contribution in [0, 0.1) is 6.92 Å². The average molecular weight is 236 g/mol. The minimum Gasteiger partial charge on any atom is -0.349 e. The summed E-state index contributed by atoms with van der Waals surface area (Å²) in [6.45, 7) is 4.33. The zero-order chi connectivity index (χ0) is 12.7. The second-order valence-electron chi connectivity index (χ2n) is 4.12. The highest BCUT2D eigenvalue weighted by molar-refractivity contribution is 5.81. The quantitative estimate of drug-likeness (QED) is 0.769. The molecule has 1 atom stereocenters. The van der Waals surface area contributed by atoms with Crippen LogP contribution in [0.1, 0.15) is 37.6 Å². The monoisotopic (exact) mass is 236 g/mol. The Labute approximate surface area is 102 Å². The van der Waals surface area contributed by atoms with Crippen molar-refractivity contribution < 1.29 is 4.79 Å². The van der Waals surface area contributed by atoms with Crippen LogP contribution in [0.25, 0.3) is 0 Å². The lowest BCUT2D eigenvalue weighted by Crippen LogP contribution is -2.40. The van der Waals surface area contributed by atoms with Gasteiger partial charge in [0.05, 0.1) is 30.2 Å². The molecule has 1 aromatic heterocycles. The number of nitrogens with one attached hydrogen (secondary N) is 1. The number of rotatable bonds is 6. The van der Waals surface area contributed by atoms with Crippen LogP contribution in [-0.2, 0) is 11.3 Å². The molecule has 3 N–H and O–H groups in total. The van der Waals surface area contributed by atoms with E-state index in [0.29, 0.717) is 6.54 Å². The Balaban J connectivity index is 2.34. The van der Waals surface area contributed by atoms with Crippen molar-refractivity contribution in [2.75, 3.05) is 0 Å². The molecule has 0 aliphatic carbocycles. The standard InChI is InChI=1S/C12H20N4O/c1-3-4-5-11(13)12(17)16-8-10-7-14-9(2)6-15-10/h6-7,11H,3-5,8,13H2,1-2H3,(H,16,17)/t11-/m0/s1. The number of carbonyl (C=O) groups excluding carboxylic acids is 1. The third kappa shape index (κ3) is 4.91. The van der Waals surface area contributed by atoms with E-state index >= 15 is 0 Å². The lowest BCUT2D eigenvalue weighted by atomic mass is 10.1. The van der Waals surface area contributed by atoms with E-state index in [2.05, 4.69) is 22.2 Å². The second kappa shape index (κ2) is 6.96. The van der Waals surface area contributed by atoms with Crippen molar-refractivity contribution in [3.8, 4) is 0 Å². The summed E-state index contributed by atoms with van der Waals surface area (Å²) in [5.74, 6) is -0.124. The minimum atomic E-state index is -0.423. The van der Waals surface area contributed by atoms with Crippen LogP contribution in [0.3, 0.4) is 0 Å². The number of hydrogen-bond donors (Lipinski definition) is 2. The molecule has 1 aromatic rings. The van der Waals surface area contributed by atoms with E-state index in [9.17, 15) is 4.79 Å². The maximum absolute atomic E-state index is 11.6. The van der Waals surface area contributed by atoms with E-state index < -0.39 is 6.04 Å². The van der Waals surface area contributed by atoms with Crippen LogP contribution in [0.2, 0.25) is 0 Å². The third-order valence-corrected chi connectivity index (χ3v) is 2.48. The van der Waals surface area contributed by atoms with Crippen LogP contribution in [0.4, 0.5) is 0 Å². The minimum absolute atomic E-state index is 0.124. The molecule has 0 saturated carbocycles. The van der Waals surface area contributed by atoms with Gasteiger partial charge in [0, 0.05) is 6.20 Å². The van der Waals surface area contributed by atoms with E-state index in [0.717, 1.165) is 30.7 Å². The van der Waals surface area contributed by atoms with Crippen LogP contribution in [0.5, 0.6) is 0 Å². The number of nitrogens with zero attached hydrogens (tertiary/aromatic N) is 2. The summed E-state index contributed by atoms with van der Waals surface area (Å²) in [4.78, 5) is 19.9. The summed E-state index contributed by atoms with van der Waals surface area (Å²) >= 11 is 0. The smallest absolute Gasteiger partial charge is 0.237 e. The van der Waals surface area contributed by atoms with Gasteiger partial charge in [-0.1, -0.05) is 19.8 Å². The Bertz CT molecular complexity index is 350. The zero-order valence-electron chi connectivity index (χ0n) is 10.4.